The van der Waals surface area contributed by atoms with E-state index in [2.05, 4.69) is 4.74 Å². The molecule has 7 nitrogen and oxygen atoms in total. The fraction of sp³-hybridized carbons (Fsp3) is 0.950. The Kier molecular flexibility index (Phi) is 36.2. The summed E-state index contributed by atoms with van der Waals surface area (Å²) in [5.74, 6) is -189. The summed E-state index contributed by atoms with van der Waals surface area (Å²) in [5.41, 5.74) is 0. The largest absolute Gasteiger partial charge is 0.481 e. The third-order valence-electron chi connectivity index (χ3n) is 18.4. The number of hydrogen-bond donors (Lipinski definition) is 1. The summed E-state index contributed by atoms with van der Waals surface area (Å²) in [6.45, 7) is 1.19. The number of hydrogen-bond acceptors (Lipinski definition) is 5. The van der Waals surface area contributed by atoms with Gasteiger partial charge in [0.05, 0.1) is 5.92 Å². The van der Waals surface area contributed by atoms with Crippen LogP contribution in [0.3, 0.4) is 0 Å². The molecule has 0 rings (SSSR count). The normalized spacial score (nSPS) is 16.0. The van der Waals surface area contributed by atoms with Crippen molar-refractivity contribution in [3.8, 4) is 0 Å². The summed E-state index contributed by atoms with van der Waals surface area (Å²) in [5, 5.41) is 9.11. The Hall–Kier alpha value is -5.27. The van der Waals surface area contributed by atoms with E-state index in [-0.39, 0.29) is 45.1 Å². The fourth-order valence-corrected chi connectivity index (χ4v) is 11.0. The van der Waals surface area contributed by atoms with E-state index in [0.29, 0.717) is 19.3 Å². The monoisotopic (exact) mass is 1880 g/mol. The van der Waals surface area contributed by atoms with Crippen LogP contribution in [0.5, 0.6) is 0 Å². The van der Waals surface area contributed by atoms with Gasteiger partial charge in [-0.25, -0.2) is 0 Å². The van der Waals surface area contributed by atoms with E-state index in [4.69, 9.17) is 5.11 Å². The summed E-state index contributed by atoms with van der Waals surface area (Å²) in [6, 6.07) is -1.51. The molecule has 1 amide bonds. The maximum atomic E-state index is 15.7. The number of aliphatic carboxylic acids is 1. The van der Waals surface area contributed by atoms with Crippen molar-refractivity contribution < 1.29 is 253 Å². The van der Waals surface area contributed by atoms with Crippen molar-refractivity contribution in [1.29, 1.82) is 0 Å². The number of alkyl halides is 52. The Morgan fingerprint density at radius 2 is 0.538 bits per heavy atom. The average Bonchev–Trinajstić information content (AvgIpc) is 0.728. The second-order valence-electron chi connectivity index (χ2n) is 27.4. The second-order valence-corrected chi connectivity index (χ2v) is 27.4. The molecule has 0 aliphatic carbocycles. The van der Waals surface area contributed by atoms with Gasteiger partial charge in [-0.3, -0.25) is 14.4 Å². The van der Waals surface area contributed by atoms with Gasteiger partial charge in [-0.05, 0) is 90.8 Å². The Morgan fingerprint density at radius 3 is 0.815 bits per heavy atom. The number of unbranched alkanes of at least 4 members (excludes halogenated alkanes) is 7. The van der Waals surface area contributed by atoms with Gasteiger partial charge in [0.25, 0.3) is 0 Å². The van der Waals surface area contributed by atoms with E-state index in [0.717, 1.165) is 4.90 Å². The molecule has 0 aromatic rings. The lowest BCUT2D eigenvalue weighted by Crippen LogP contribution is -2.70. The lowest BCUT2D eigenvalue weighted by molar-refractivity contribution is -0.440. The molecule has 0 aliphatic heterocycles. The van der Waals surface area contributed by atoms with Crippen LogP contribution in [0, 0.1) is 11.8 Å². The van der Waals surface area contributed by atoms with Crippen LogP contribution in [0.15, 0.2) is 0 Å². The molecule has 710 valence electrons. The SMILES string of the molecule is CCCCCCCC(=O)N(CCCN(C)C)C(CCCCCC(=O)O)CCCCC(C(=O)OC(CCC(F)(F)C(F)(F)C(F)(F)C(F)(F)C(F)(F)C(F)(F)F)CCC(F)(F)C(F)(F)C(F)(F)C(F)(F)C(F)(F)C(F)(F)F)C(CCC(F)(F)C(F)(F)C(F)(F)C(F)(F)C(F)(F)C(F)(F)F)CCC(F)(F)C(F)(F)C(F)(F)C(F)(F)C(F)(F)C(F)(F)F. The van der Waals surface area contributed by atoms with Gasteiger partial charge in [-0.15, -0.1) is 0 Å². The Balaban J connectivity index is 9.96. The molecule has 2 atom stereocenters. The Labute approximate surface area is 635 Å². The lowest BCUT2D eigenvalue weighted by atomic mass is 9.78. The Morgan fingerprint density at radius 1 is 0.286 bits per heavy atom. The number of carboxylic acid groups (broad SMARTS) is 1. The number of ether oxygens (including phenoxy) is 1. The molecule has 0 radical (unpaired) electrons. The predicted molar refractivity (Wildman–Crippen MR) is 298 cm³/mol. The molecule has 0 fully saturated rings. The van der Waals surface area contributed by atoms with Crippen LogP contribution in [-0.4, -0.2) is 215 Å². The van der Waals surface area contributed by atoms with Gasteiger partial charge in [0.1, 0.15) is 6.10 Å². The van der Waals surface area contributed by atoms with E-state index >= 15 is 70.2 Å². The third-order valence-corrected chi connectivity index (χ3v) is 18.4. The van der Waals surface area contributed by atoms with Gasteiger partial charge in [0, 0.05) is 51.1 Å². The quantitative estimate of drug-likeness (QED) is 0.0371. The number of halogens is 52. The molecule has 0 saturated carbocycles. The molecule has 0 bridgehead atoms. The first kappa shape index (κ1) is 114. The minimum absolute atomic E-state index is 0.0244. The third kappa shape index (κ3) is 22.7. The Bertz CT molecular complexity index is 3050. The first-order chi connectivity index (χ1) is 52.2. The van der Waals surface area contributed by atoms with Crippen molar-refractivity contribution in [3.05, 3.63) is 0 Å². The number of rotatable bonds is 53. The number of carbonyl (C=O) groups is 3. The highest BCUT2D eigenvalue weighted by atomic mass is 19.5. The molecule has 1 N–H and O–H groups in total. The fourth-order valence-electron chi connectivity index (χ4n) is 11.0. The zero-order chi connectivity index (χ0) is 95.3. The van der Waals surface area contributed by atoms with E-state index < -0.39 is 288 Å². The van der Waals surface area contributed by atoms with Crippen LogP contribution in [-0.2, 0) is 19.1 Å². The van der Waals surface area contributed by atoms with Crippen LogP contribution in [0.2, 0.25) is 0 Å². The summed E-state index contributed by atoms with van der Waals surface area (Å²) < 4.78 is 748. The molecular formula is C60H66F52N2O5. The maximum absolute atomic E-state index is 15.7. The highest BCUT2D eigenvalue weighted by Gasteiger charge is 2.95. The van der Waals surface area contributed by atoms with Gasteiger partial charge in [-0.1, -0.05) is 58.3 Å². The number of amides is 1. The van der Waals surface area contributed by atoms with Crippen molar-refractivity contribution in [2.45, 2.75) is 316 Å². The topological polar surface area (TPSA) is 87.2 Å². The van der Waals surface area contributed by atoms with Gasteiger partial charge in [0.15, 0.2) is 0 Å². The summed E-state index contributed by atoms with van der Waals surface area (Å²) in [4.78, 5) is 42.0. The molecule has 0 aromatic heterocycles. The van der Waals surface area contributed by atoms with Crippen molar-refractivity contribution >= 4 is 17.8 Å². The van der Waals surface area contributed by atoms with Crippen LogP contribution in [0.1, 0.15) is 161 Å². The summed E-state index contributed by atoms with van der Waals surface area (Å²) in [6.07, 6.45) is -76.6. The lowest BCUT2D eigenvalue weighted by Gasteiger charge is -2.41. The van der Waals surface area contributed by atoms with E-state index in [1.165, 1.54) is 19.0 Å². The highest BCUT2D eigenvalue weighted by Crippen LogP contribution is 2.67. The first-order valence-electron chi connectivity index (χ1n) is 33.4. The van der Waals surface area contributed by atoms with Crippen LogP contribution in [0.4, 0.5) is 228 Å². The molecule has 0 aromatic carbocycles. The zero-order valence-electron chi connectivity index (χ0n) is 59.8. The van der Waals surface area contributed by atoms with E-state index in [1.54, 1.807) is 6.92 Å². The van der Waals surface area contributed by atoms with Crippen LogP contribution in [0.25, 0.3) is 0 Å². The summed E-state index contributed by atoms with van der Waals surface area (Å²) >= 11 is 0. The number of nitrogens with zero attached hydrogens (tertiary/aromatic N) is 2. The molecule has 59 heteroatoms. The number of carboxylic acids is 1. The smallest absolute Gasteiger partial charge is 0.460 e. The molecule has 2 unspecified atom stereocenters. The van der Waals surface area contributed by atoms with E-state index in [9.17, 15) is 172 Å². The second kappa shape index (κ2) is 37.9. The van der Waals surface area contributed by atoms with Crippen molar-refractivity contribution in [2.24, 2.45) is 11.8 Å². The molecule has 0 saturated heterocycles. The minimum atomic E-state index is -9.10. The van der Waals surface area contributed by atoms with Gasteiger partial charge in [0.2, 0.25) is 5.91 Å². The van der Waals surface area contributed by atoms with Gasteiger partial charge >= 0.3 is 155 Å². The van der Waals surface area contributed by atoms with Crippen molar-refractivity contribution in [2.75, 3.05) is 27.2 Å². The zero-order valence-corrected chi connectivity index (χ0v) is 59.8. The minimum Gasteiger partial charge on any atom is -0.481 e. The summed E-state index contributed by atoms with van der Waals surface area (Å²) in [7, 11) is 2.76. The first-order valence-corrected chi connectivity index (χ1v) is 33.4. The maximum Gasteiger partial charge on any atom is 0.460 e. The molecule has 0 spiro atoms. The molecular weight excluding hydrogens is 1820 g/mol. The predicted octanol–water partition coefficient (Wildman–Crippen LogP) is 25.3. The van der Waals surface area contributed by atoms with Gasteiger partial charge in [-0.2, -0.15) is 228 Å². The number of carbonyl (C=O) groups excluding carboxylic acids is 2. The standard InChI is InChI=1S/C60H66F52N2O5/c1-4-5-6-7-10-18-34(115)114(29-14-28-113(2)3)31(15-9-8-11-19-35(116)117)16-12-13-17-33(30(20-24-37(61,62)41(69,70)45(77,78)49(85,86)53(93,94)57(101,102)103)21-25-38(63,64)42(71,72)46(79,80)50(87,88)54(95,96)58(104,105)106)36(118)119-32(22-26-39(65,66)43(73,74)47(81,82)51(89,90)55(97,98)59(107,108)109)23-27-40(67,68)44(75,76)48(83,84)52(91,92)56(99,100)60(110,111)112/h30-33H,4-29H2,1-3H3,(H,116,117). The van der Waals surface area contributed by atoms with Crippen LogP contribution >= 0.6 is 0 Å². The number of esters is 1. The van der Waals surface area contributed by atoms with Crippen molar-refractivity contribution in [1.82, 2.24) is 9.80 Å². The molecule has 119 heavy (non-hydrogen) atoms. The van der Waals surface area contributed by atoms with Crippen molar-refractivity contribution in [3.63, 3.8) is 0 Å². The van der Waals surface area contributed by atoms with E-state index in [1.807, 2.05) is 0 Å². The average molecular weight is 1880 g/mol. The van der Waals surface area contributed by atoms with Gasteiger partial charge < -0.3 is 19.6 Å². The molecule has 0 heterocycles. The molecule has 0 aliphatic rings. The van der Waals surface area contributed by atoms with Crippen LogP contribution < -0.4 is 0 Å². The highest BCUT2D eigenvalue weighted by molar-refractivity contribution is 5.76.